The second kappa shape index (κ2) is 11.2. The maximum absolute atomic E-state index is 5.43. The van der Waals surface area contributed by atoms with E-state index in [1.807, 2.05) is 0 Å². The average Bonchev–Trinajstić information content (AvgIpc) is 2.52. The van der Waals surface area contributed by atoms with Gasteiger partial charge in [-0.15, -0.1) is 0 Å². The van der Waals surface area contributed by atoms with Crippen LogP contribution in [0.4, 0.5) is 0 Å². The molecule has 0 aromatic heterocycles. The minimum absolute atomic E-state index is 0. The quantitative estimate of drug-likeness (QED) is 0.372. The maximum Gasteiger partial charge on any atom is -1.00 e. The molecule has 1 nitrogen and oxygen atoms in total. The van der Waals surface area contributed by atoms with Crippen molar-refractivity contribution in [2.45, 2.75) is 32.6 Å². The Labute approximate surface area is 117 Å². The summed E-state index contributed by atoms with van der Waals surface area (Å²) in [6.45, 7) is 3.97. The zero-order valence-corrected chi connectivity index (χ0v) is 12.1. The minimum Gasteiger partial charge on any atom is -1.00 e. The van der Waals surface area contributed by atoms with Crippen molar-refractivity contribution in [1.29, 1.82) is 0 Å². The zero-order chi connectivity index (χ0) is 9.52. The Morgan fingerprint density at radius 3 is 2.60 bits per heavy atom. The third kappa shape index (κ3) is 7.60. The number of allylic oxidation sites excluding steroid dienone is 4. The van der Waals surface area contributed by atoms with Crippen LogP contribution in [0.3, 0.4) is 0 Å². The summed E-state index contributed by atoms with van der Waals surface area (Å²) in [6.07, 6.45) is 9.14. The molecule has 0 spiro atoms. The van der Waals surface area contributed by atoms with Crippen molar-refractivity contribution < 1.29 is 50.0 Å². The molecule has 0 heterocycles. The Bertz CT molecular complexity index is 215. The van der Waals surface area contributed by atoms with E-state index < -0.39 is 0 Å². The van der Waals surface area contributed by atoms with E-state index in [4.69, 9.17) is 4.74 Å². The van der Waals surface area contributed by atoms with Crippen LogP contribution in [0.25, 0.3) is 0 Å². The molecule has 0 aromatic carbocycles. The van der Waals surface area contributed by atoms with E-state index in [1.165, 1.54) is 15.9 Å². The predicted molar refractivity (Wildman–Crippen MR) is 51.1 cm³/mol. The van der Waals surface area contributed by atoms with Crippen LogP contribution in [0.15, 0.2) is 21.6 Å². The molecule has 0 atom stereocenters. The molecule has 0 bridgehead atoms. The van der Waals surface area contributed by atoms with Crippen LogP contribution >= 0.6 is 0 Å². The minimum atomic E-state index is 0. The first kappa shape index (κ1) is 18.1. The maximum atomic E-state index is 5.43. The molecule has 15 heavy (non-hydrogen) atoms. The molecule has 85 valence electrons. The molecule has 4 heteroatoms. The molecule has 0 N–H and O–H groups in total. The Morgan fingerprint density at radius 2 is 2.07 bits per heavy atom. The SMILES string of the molecule is CCCOCCCC1=[C]([Ti+2])CC=C1.[Cl-].[Cl-]. The zero-order valence-electron chi connectivity index (χ0n) is 9.06. The van der Waals surface area contributed by atoms with Crippen molar-refractivity contribution in [2.24, 2.45) is 0 Å². The summed E-state index contributed by atoms with van der Waals surface area (Å²) < 4.78 is 6.97. The molecular weight excluding hydrogens is 267 g/mol. The molecule has 0 unspecified atom stereocenters. The van der Waals surface area contributed by atoms with Crippen molar-refractivity contribution in [3.8, 4) is 0 Å². The van der Waals surface area contributed by atoms with Crippen molar-refractivity contribution in [3.63, 3.8) is 0 Å². The number of halogens is 2. The van der Waals surface area contributed by atoms with Crippen LogP contribution in [-0.4, -0.2) is 13.2 Å². The van der Waals surface area contributed by atoms with Gasteiger partial charge in [0.2, 0.25) is 0 Å². The van der Waals surface area contributed by atoms with E-state index in [-0.39, 0.29) is 24.8 Å². The summed E-state index contributed by atoms with van der Waals surface area (Å²) in [4.78, 5) is 0. The van der Waals surface area contributed by atoms with Gasteiger partial charge in [0.15, 0.2) is 0 Å². The van der Waals surface area contributed by atoms with Gasteiger partial charge in [-0.2, -0.15) is 0 Å². The molecule has 0 saturated carbocycles. The van der Waals surface area contributed by atoms with Gasteiger partial charge in [-0.05, 0) is 0 Å². The third-order valence-electron chi connectivity index (χ3n) is 2.11. The number of ether oxygens (including phenoxy) is 1. The van der Waals surface area contributed by atoms with Crippen LogP contribution in [0.2, 0.25) is 0 Å². The summed E-state index contributed by atoms with van der Waals surface area (Å²) in [5.74, 6) is 0. The molecule has 0 amide bonds. The fourth-order valence-corrected chi connectivity index (χ4v) is 1.91. The fourth-order valence-electron chi connectivity index (χ4n) is 1.40. The summed E-state index contributed by atoms with van der Waals surface area (Å²) in [5, 5.41) is 0. The Balaban J connectivity index is 0. The van der Waals surface area contributed by atoms with Gasteiger partial charge in [0.25, 0.3) is 0 Å². The fraction of sp³-hybridized carbons (Fsp3) is 0.636. The molecule has 0 saturated heterocycles. The van der Waals surface area contributed by atoms with Gasteiger partial charge in [-0.25, -0.2) is 0 Å². The van der Waals surface area contributed by atoms with Gasteiger partial charge in [0, 0.05) is 0 Å². The second-order valence-corrected chi connectivity index (χ2v) is 4.27. The van der Waals surface area contributed by atoms with Gasteiger partial charge in [-0.1, -0.05) is 0 Å². The standard InChI is InChI=1S/C11H17O.2ClH.Ti/c1-2-9-12-10-5-8-11-6-3-4-7-11;;;/h3,6H,2,4-5,8-10H2,1H3;2*1H;/q;;;+2/p-2. The van der Waals surface area contributed by atoms with E-state index in [2.05, 4.69) is 39.5 Å². The Morgan fingerprint density at radius 1 is 1.33 bits per heavy atom. The number of rotatable bonds is 6. The van der Waals surface area contributed by atoms with Crippen LogP contribution in [0.5, 0.6) is 0 Å². The van der Waals surface area contributed by atoms with Crippen molar-refractivity contribution in [3.05, 3.63) is 21.6 Å². The van der Waals surface area contributed by atoms with E-state index >= 15 is 0 Å². The van der Waals surface area contributed by atoms with Gasteiger partial charge in [0.1, 0.15) is 0 Å². The van der Waals surface area contributed by atoms with Gasteiger partial charge in [0.05, 0.1) is 0 Å². The monoisotopic (exact) mass is 283 g/mol. The van der Waals surface area contributed by atoms with Gasteiger partial charge >= 0.3 is 92.6 Å². The average molecular weight is 284 g/mol. The molecule has 0 aromatic rings. The first-order valence-electron chi connectivity index (χ1n) is 5.02. The smallest absolute Gasteiger partial charge is 1.00 e. The van der Waals surface area contributed by atoms with Crippen LogP contribution in [0.1, 0.15) is 32.6 Å². The van der Waals surface area contributed by atoms with Crippen LogP contribution < -0.4 is 24.8 Å². The van der Waals surface area contributed by atoms with Crippen molar-refractivity contribution in [2.75, 3.05) is 13.2 Å². The Hall–Kier alpha value is 0.734. The van der Waals surface area contributed by atoms with E-state index in [0.29, 0.717) is 0 Å². The summed E-state index contributed by atoms with van der Waals surface area (Å²) in [7, 11) is 0. The normalized spacial score (nSPS) is 13.8. The molecule has 0 aliphatic heterocycles. The molecular formula is C11H17Cl2OTi. The van der Waals surface area contributed by atoms with E-state index in [0.717, 1.165) is 32.5 Å². The number of hydrogen-bond acceptors (Lipinski definition) is 1. The van der Waals surface area contributed by atoms with Gasteiger partial charge in [-0.3, -0.25) is 0 Å². The molecule has 0 fully saturated rings. The summed E-state index contributed by atoms with van der Waals surface area (Å²) >= 11 is 2.22. The topological polar surface area (TPSA) is 9.23 Å². The first-order chi connectivity index (χ1) is 6.34. The Kier molecular flexibility index (Phi) is 13.6. The molecule has 1 aliphatic carbocycles. The summed E-state index contributed by atoms with van der Waals surface area (Å²) in [6, 6.07) is 0. The second-order valence-electron chi connectivity index (χ2n) is 3.33. The van der Waals surface area contributed by atoms with Crippen molar-refractivity contribution in [1.82, 2.24) is 0 Å². The van der Waals surface area contributed by atoms with Crippen molar-refractivity contribution >= 4 is 0 Å². The van der Waals surface area contributed by atoms with Crippen LogP contribution in [0, 0.1) is 0 Å². The number of hydrogen-bond donors (Lipinski definition) is 0. The summed E-state index contributed by atoms with van der Waals surface area (Å²) in [5.41, 5.74) is 1.53. The largest absolute Gasteiger partial charge is 1.00 e. The molecule has 1 aliphatic rings. The predicted octanol–water partition coefficient (Wildman–Crippen LogP) is -3.04. The third-order valence-corrected chi connectivity index (χ3v) is 2.93. The molecule has 0 radical (unpaired) electrons. The van der Waals surface area contributed by atoms with Gasteiger partial charge < -0.3 is 24.8 Å². The molecule has 1 rings (SSSR count). The van der Waals surface area contributed by atoms with E-state index in [1.54, 1.807) is 0 Å². The van der Waals surface area contributed by atoms with Crippen LogP contribution in [-0.2, 0) is 25.2 Å². The van der Waals surface area contributed by atoms with E-state index in [9.17, 15) is 0 Å². The first-order valence-corrected chi connectivity index (χ1v) is 5.80.